The van der Waals surface area contributed by atoms with E-state index in [0.717, 1.165) is 55.5 Å². The van der Waals surface area contributed by atoms with Gasteiger partial charge in [-0.15, -0.1) is 0 Å². The number of nitrogens with zero attached hydrogens (tertiary/aromatic N) is 3. The molecule has 0 unspecified atom stereocenters. The van der Waals surface area contributed by atoms with Crippen LogP contribution in [0, 0.1) is 11.3 Å². The zero-order chi connectivity index (χ0) is 19.3. The summed E-state index contributed by atoms with van der Waals surface area (Å²) in [6.45, 7) is 4.21. The average molecular weight is 369 g/mol. The summed E-state index contributed by atoms with van der Waals surface area (Å²) < 4.78 is 0. The molecule has 4 nitrogen and oxygen atoms in total. The summed E-state index contributed by atoms with van der Waals surface area (Å²) >= 11 is 0. The SMILES string of the molecule is N#Cc1ccc(CN2CCCN(C(=O)c3ccc4ccccc4c3)CC2)cc1. The van der Waals surface area contributed by atoms with E-state index in [1.165, 1.54) is 5.56 Å². The van der Waals surface area contributed by atoms with E-state index in [4.69, 9.17) is 5.26 Å². The first kappa shape index (κ1) is 18.2. The van der Waals surface area contributed by atoms with Gasteiger partial charge < -0.3 is 4.90 Å². The van der Waals surface area contributed by atoms with Gasteiger partial charge in [-0.3, -0.25) is 9.69 Å². The van der Waals surface area contributed by atoms with Gasteiger partial charge in [0, 0.05) is 38.3 Å². The fourth-order valence-electron chi connectivity index (χ4n) is 3.78. The fourth-order valence-corrected chi connectivity index (χ4v) is 3.78. The molecule has 1 aliphatic rings. The highest BCUT2D eigenvalue weighted by molar-refractivity contribution is 5.98. The highest BCUT2D eigenvalue weighted by Crippen LogP contribution is 2.18. The predicted molar refractivity (Wildman–Crippen MR) is 111 cm³/mol. The van der Waals surface area contributed by atoms with E-state index >= 15 is 0 Å². The van der Waals surface area contributed by atoms with Crippen LogP contribution in [0.3, 0.4) is 0 Å². The summed E-state index contributed by atoms with van der Waals surface area (Å²) in [4.78, 5) is 17.4. The zero-order valence-corrected chi connectivity index (χ0v) is 15.8. The van der Waals surface area contributed by atoms with Gasteiger partial charge in [-0.25, -0.2) is 0 Å². The molecule has 0 radical (unpaired) electrons. The second kappa shape index (κ2) is 8.24. The largest absolute Gasteiger partial charge is 0.337 e. The maximum atomic E-state index is 13.0. The number of amides is 1. The van der Waals surface area contributed by atoms with Crippen molar-refractivity contribution < 1.29 is 4.79 Å². The maximum Gasteiger partial charge on any atom is 0.253 e. The highest BCUT2D eigenvalue weighted by atomic mass is 16.2. The molecule has 0 aliphatic carbocycles. The Morgan fingerprint density at radius 3 is 2.46 bits per heavy atom. The van der Waals surface area contributed by atoms with Gasteiger partial charge in [0.25, 0.3) is 5.91 Å². The third-order valence-electron chi connectivity index (χ3n) is 5.36. The van der Waals surface area contributed by atoms with E-state index in [-0.39, 0.29) is 5.91 Å². The fraction of sp³-hybridized carbons (Fsp3) is 0.250. The molecular formula is C24H23N3O. The lowest BCUT2D eigenvalue weighted by molar-refractivity contribution is 0.0761. The van der Waals surface area contributed by atoms with Crippen LogP contribution in [0.2, 0.25) is 0 Å². The van der Waals surface area contributed by atoms with Crippen LogP contribution in [0.5, 0.6) is 0 Å². The summed E-state index contributed by atoms with van der Waals surface area (Å²) in [5.41, 5.74) is 2.65. The van der Waals surface area contributed by atoms with Gasteiger partial charge in [0.2, 0.25) is 0 Å². The Bertz CT molecular complexity index is 1020. The second-order valence-electron chi connectivity index (χ2n) is 7.29. The Morgan fingerprint density at radius 1 is 0.893 bits per heavy atom. The molecule has 0 aromatic heterocycles. The van der Waals surface area contributed by atoms with Gasteiger partial charge in [-0.2, -0.15) is 5.26 Å². The van der Waals surface area contributed by atoms with Crippen LogP contribution in [0.1, 0.15) is 27.9 Å². The summed E-state index contributed by atoms with van der Waals surface area (Å²) in [6.07, 6.45) is 0.968. The molecule has 1 fully saturated rings. The van der Waals surface area contributed by atoms with Crippen molar-refractivity contribution in [2.45, 2.75) is 13.0 Å². The molecule has 1 heterocycles. The first-order valence-corrected chi connectivity index (χ1v) is 9.72. The Labute approximate surface area is 165 Å². The number of carbonyl (C=O) groups is 1. The van der Waals surface area contributed by atoms with Crippen molar-refractivity contribution >= 4 is 16.7 Å². The molecule has 0 spiro atoms. The van der Waals surface area contributed by atoms with Crippen LogP contribution in [0.15, 0.2) is 66.7 Å². The lowest BCUT2D eigenvalue weighted by Crippen LogP contribution is -2.35. The van der Waals surface area contributed by atoms with Gasteiger partial charge in [-0.05, 0) is 47.0 Å². The lowest BCUT2D eigenvalue weighted by atomic mass is 10.1. The first-order chi connectivity index (χ1) is 13.7. The van der Waals surface area contributed by atoms with Gasteiger partial charge in [0.05, 0.1) is 11.6 Å². The van der Waals surface area contributed by atoms with Crippen molar-refractivity contribution in [1.29, 1.82) is 5.26 Å². The summed E-state index contributed by atoms with van der Waals surface area (Å²) in [5.74, 6) is 0.117. The summed E-state index contributed by atoms with van der Waals surface area (Å²) in [7, 11) is 0. The van der Waals surface area contributed by atoms with Gasteiger partial charge in [0.1, 0.15) is 0 Å². The van der Waals surface area contributed by atoms with Crippen LogP contribution in [-0.4, -0.2) is 41.9 Å². The molecule has 0 N–H and O–H groups in total. The molecule has 0 saturated carbocycles. The number of fused-ring (bicyclic) bond motifs is 1. The predicted octanol–water partition coefficient (Wildman–Crippen LogP) is 4.06. The minimum absolute atomic E-state index is 0.117. The van der Waals surface area contributed by atoms with Crippen LogP contribution >= 0.6 is 0 Å². The Kier molecular flexibility index (Phi) is 5.36. The Hall–Kier alpha value is -3.16. The standard InChI is InChI=1S/C24H23N3O/c25-17-19-6-8-20(9-7-19)18-26-12-3-13-27(15-14-26)24(28)23-11-10-21-4-1-2-5-22(21)16-23/h1-2,4-11,16H,3,12-15,18H2. The monoisotopic (exact) mass is 369 g/mol. The minimum Gasteiger partial charge on any atom is -0.337 e. The van der Waals surface area contributed by atoms with Crippen LogP contribution in [-0.2, 0) is 6.54 Å². The molecule has 1 aliphatic heterocycles. The molecule has 140 valence electrons. The third kappa shape index (κ3) is 4.05. The van der Waals surface area contributed by atoms with E-state index < -0.39 is 0 Å². The number of rotatable bonds is 3. The van der Waals surface area contributed by atoms with Crippen LogP contribution in [0.4, 0.5) is 0 Å². The molecule has 3 aromatic carbocycles. The molecule has 3 aromatic rings. The normalized spacial score (nSPS) is 15.2. The smallest absolute Gasteiger partial charge is 0.253 e. The van der Waals surface area contributed by atoms with Gasteiger partial charge in [0.15, 0.2) is 0 Å². The topological polar surface area (TPSA) is 47.3 Å². The van der Waals surface area contributed by atoms with Crippen molar-refractivity contribution in [2.75, 3.05) is 26.2 Å². The Balaban J connectivity index is 1.41. The number of hydrogen-bond acceptors (Lipinski definition) is 3. The molecule has 28 heavy (non-hydrogen) atoms. The highest BCUT2D eigenvalue weighted by Gasteiger charge is 2.20. The molecule has 1 saturated heterocycles. The number of hydrogen-bond donors (Lipinski definition) is 0. The van der Waals surface area contributed by atoms with E-state index in [9.17, 15) is 4.79 Å². The molecule has 4 heteroatoms. The molecule has 4 rings (SSSR count). The van der Waals surface area contributed by atoms with Crippen LogP contribution < -0.4 is 0 Å². The van der Waals surface area contributed by atoms with Gasteiger partial charge in [-0.1, -0.05) is 42.5 Å². The molecule has 0 bridgehead atoms. The second-order valence-corrected chi connectivity index (χ2v) is 7.29. The summed E-state index contributed by atoms with van der Waals surface area (Å²) in [6, 6.07) is 24.0. The molecule has 1 amide bonds. The minimum atomic E-state index is 0.117. The van der Waals surface area contributed by atoms with E-state index in [2.05, 4.69) is 17.0 Å². The van der Waals surface area contributed by atoms with Crippen molar-refractivity contribution in [2.24, 2.45) is 0 Å². The molecule has 0 atom stereocenters. The summed E-state index contributed by atoms with van der Waals surface area (Å²) in [5, 5.41) is 11.2. The van der Waals surface area contributed by atoms with E-state index in [0.29, 0.717) is 5.56 Å². The van der Waals surface area contributed by atoms with Crippen LogP contribution in [0.25, 0.3) is 10.8 Å². The third-order valence-corrected chi connectivity index (χ3v) is 5.36. The van der Waals surface area contributed by atoms with E-state index in [1.807, 2.05) is 65.6 Å². The van der Waals surface area contributed by atoms with Gasteiger partial charge >= 0.3 is 0 Å². The average Bonchev–Trinajstić information content (AvgIpc) is 2.99. The van der Waals surface area contributed by atoms with Crippen molar-refractivity contribution in [3.05, 3.63) is 83.4 Å². The van der Waals surface area contributed by atoms with Crippen molar-refractivity contribution in [3.63, 3.8) is 0 Å². The molecular weight excluding hydrogens is 346 g/mol. The first-order valence-electron chi connectivity index (χ1n) is 9.72. The zero-order valence-electron chi connectivity index (χ0n) is 15.8. The van der Waals surface area contributed by atoms with Crippen molar-refractivity contribution in [1.82, 2.24) is 9.80 Å². The number of benzene rings is 3. The van der Waals surface area contributed by atoms with Crippen molar-refractivity contribution in [3.8, 4) is 6.07 Å². The van der Waals surface area contributed by atoms with E-state index in [1.54, 1.807) is 0 Å². The number of nitriles is 1. The quantitative estimate of drug-likeness (QED) is 0.699. The lowest BCUT2D eigenvalue weighted by Gasteiger charge is -2.22. The number of carbonyl (C=O) groups excluding carboxylic acids is 1. The maximum absolute atomic E-state index is 13.0. The Morgan fingerprint density at radius 2 is 1.68 bits per heavy atom.